The van der Waals surface area contributed by atoms with Gasteiger partial charge in [0.25, 0.3) is 5.71 Å². The highest BCUT2D eigenvalue weighted by atomic mass is 19.1. The van der Waals surface area contributed by atoms with Gasteiger partial charge in [0.1, 0.15) is 28.8 Å². The molecule has 3 heterocycles. The van der Waals surface area contributed by atoms with Crippen molar-refractivity contribution in [1.82, 2.24) is 19.9 Å². The second kappa shape index (κ2) is 14.5. The standard InChI is InChI=1S/C35H39F2N7O3/c1-5-46-24-18-28(36)27(29(37)19-24)21-40-30-9-7-6-8-25(30)31(38)33-41-20-26(32(43-33)42-23-10-14-39-15-11-23)22-12-16-44(17-13-22)34(45)47-35(2,3)4/h6-11,14-15,18-20,22,38,40H,5,12-13,16-17,21H2,1-4H3,(H,39,41,42,43)/p+1. The largest absolute Gasteiger partial charge is 0.494 e. The van der Waals surface area contributed by atoms with E-state index in [9.17, 15) is 13.6 Å². The van der Waals surface area contributed by atoms with E-state index in [0.29, 0.717) is 49.6 Å². The molecule has 5 rings (SSSR count). The molecular weight excluding hydrogens is 604 g/mol. The van der Waals surface area contributed by atoms with E-state index in [1.54, 1.807) is 48.6 Å². The zero-order valence-electron chi connectivity index (χ0n) is 27.0. The van der Waals surface area contributed by atoms with E-state index < -0.39 is 17.2 Å². The summed E-state index contributed by atoms with van der Waals surface area (Å²) in [6.45, 7) is 8.57. The molecule has 1 aliphatic heterocycles. The minimum atomic E-state index is -0.710. The minimum Gasteiger partial charge on any atom is -0.494 e. The van der Waals surface area contributed by atoms with E-state index in [2.05, 4.69) is 20.6 Å². The number of likely N-dealkylation sites (tertiary alicyclic amines) is 1. The Bertz CT molecular complexity index is 1700. The van der Waals surface area contributed by atoms with Gasteiger partial charge in [-0.15, -0.1) is 0 Å². The first-order chi connectivity index (χ1) is 22.5. The van der Waals surface area contributed by atoms with E-state index in [1.165, 1.54) is 12.1 Å². The van der Waals surface area contributed by atoms with Crippen LogP contribution < -0.4 is 20.8 Å². The average Bonchev–Trinajstić information content (AvgIpc) is 3.04. The monoisotopic (exact) mass is 644 g/mol. The van der Waals surface area contributed by atoms with E-state index in [4.69, 9.17) is 19.9 Å². The van der Waals surface area contributed by atoms with Gasteiger partial charge in [-0.25, -0.2) is 23.5 Å². The molecule has 246 valence electrons. The number of benzene rings is 2. The third kappa shape index (κ3) is 8.37. The zero-order valence-corrected chi connectivity index (χ0v) is 27.0. The molecule has 0 unspecified atom stereocenters. The number of hydrogen-bond acceptors (Lipinski definition) is 8. The molecule has 0 bridgehead atoms. The maximum Gasteiger partial charge on any atom is 0.410 e. The van der Waals surface area contributed by atoms with Crippen LogP contribution >= 0.6 is 0 Å². The number of carbonyl (C=O) groups is 1. The number of pyridine rings is 1. The molecule has 4 N–H and O–H groups in total. The Balaban J connectivity index is 1.38. The van der Waals surface area contributed by atoms with Crippen LogP contribution in [0.1, 0.15) is 69.0 Å². The summed E-state index contributed by atoms with van der Waals surface area (Å²) >= 11 is 0. The number of carbonyl (C=O) groups excluding carboxylic acids is 1. The lowest BCUT2D eigenvalue weighted by molar-refractivity contribution is -0.112. The second-order valence-corrected chi connectivity index (χ2v) is 12.2. The van der Waals surface area contributed by atoms with Crippen molar-refractivity contribution >= 4 is 29.0 Å². The van der Waals surface area contributed by atoms with Gasteiger partial charge in [0.05, 0.1) is 12.2 Å². The fourth-order valence-corrected chi connectivity index (χ4v) is 5.37. The topological polar surface area (TPSA) is 127 Å². The Kier molecular flexibility index (Phi) is 10.3. The lowest BCUT2D eigenvalue weighted by Gasteiger charge is -2.34. The molecule has 4 aromatic rings. The molecular formula is C35H40F2N7O3+. The van der Waals surface area contributed by atoms with Crippen molar-refractivity contribution in [3.8, 4) is 5.75 Å². The molecule has 1 saturated heterocycles. The van der Waals surface area contributed by atoms with Crippen LogP contribution in [-0.2, 0) is 11.3 Å². The SMILES string of the molecule is CCOc1cc(F)c(CNc2ccccc2C(=[NH2+])c2ncc(C3CCN(C(=O)OC(C)(C)C)CC3)c(Nc3ccncc3)n2)c(F)c1. The molecule has 1 amide bonds. The van der Waals surface area contributed by atoms with Crippen LogP contribution in [0.15, 0.2) is 67.1 Å². The summed E-state index contributed by atoms with van der Waals surface area (Å²) < 4.78 is 40.3. The van der Waals surface area contributed by atoms with Gasteiger partial charge in [0.15, 0.2) is 0 Å². The van der Waals surface area contributed by atoms with Gasteiger partial charge in [-0.2, -0.15) is 0 Å². The Morgan fingerprint density at radius 2 is 1.74 bits per heavy atom. The van der Waals surface area contributed by atoms with Crippen LogP contribution in [0.2, 0.25) is 0 Å². The van der Waals surface area contributed by atoms with Crippen LogP contribution in [0, 0.1) is 11.6 Å². The van der Waals surface area contributed by atoms with Crippen molar-refractivity contribution in [1.29, 1.82) is 0 Å². The van der Waals surface area contributed by atoms with Gasteiger partial charge in [-0.1, -0.05) is 12.1 Å². The minimum absolute atomic E-state index is 0.0844. The highest BCUT2D eigenvalue weighted by molar-refractivity contribution is 6.10. The smallest absolute Gasteiger partial charge is 0.410 e. The van der Waals surface area contributed by atoms with Crippen molar-refractivity contribution < 1.29 is 28.5 Å². The van der Waals surface area contributed by atoms with Crippen LogP contribution in [-0.4, -0.2) is 57.0 Å². The van der Waals surface area contributed by atoms with Crippen molar-refractivity contribution in [2.45, 2.75) is 58.6 Å². The van der Waals surface area contributed by atoms with Crippen LogP contribution in [0.5, 0.6) is 5.75 Å². The van der Waals surface area contributed by atoms with Gasteiger partial charge >= 0.3 is 6.09 Å². The molecule has 2 aromatic heterocycles. The van der Waals surface area contributed by atoms with Gasteiger partial charge in [0, 0.05) is 72.9 Å². The van der Waals surface area contributed by atoms with Gasteiger partial charge in [0.2, 0.25) is 5.82 Å². The molecule has 1 fully saturated rings. The van der Waals surface area contributed by atoms with E-state index in [-0.39, 0.29) is 41.4 Å². The molecule has 0 aliphatic carbocycles. The fraction of sp³-hybridized carbons (Fsp3) is 0.343. The maximum atomic E-state index is 14.8. The van der Waals surface area contributed by atoms with E-state index in [0.717, 1.165) is 11.3 Å². The Morgan fingerprint density at radius 1 is 1.06 bits per heavy atom. The normalized spacial score (nSPS) is 13.6. The van der Waals surface area contributed by atoms with Crippen molar-refractivity contribution in [2.75, 3.05) is 30.3 Å². The van der Waals surface area contributed by atoms with Crippen molar-refractivity contribution in [3.05, 3.63) is 101 Å². The second-order valence-electron chi connectivity index (χ2n) is 12.2. The number of nitrogens with one attached hydrogen (secondary N) is 2. The zero-order chi connectivity index (χ0) is 33.6. The number of hydrogen-bond donors (Lipinski definition) is 3. The molecule has 0 saturated carbocycles. The molecule has 0 atom stereocenters. The Hall–Kier alpha value is -5.13. The van der Waals surface area contributed by atoms with Crippen LogP contribution in [0.25, 0.3) is 0 Å². The van der Waals surface area contributed by atoms with Crippen LogP contribution in [0.3, 0.4) is 0 Å². The molecule has 47 heavy (non-hydrogen) atoms. The summed E-state index contributed by atoms with van der Waals surface area (Å²) in [5, 5.41) is 13.2. The Labute approximate surface area is 273 Å². The van der Waals surface area contributed by atoms with Gasteiger partial charge in [-0.05, 0) is 70.7 Å². The number of para-hydroxylation sites is 1. The maximum absolute atomic E-state index is 14.8. The van der Waals surface area contributed by atoms with Crippen molar-refractivity contribution in [2.24, 2.45) is 0 Å². The molecule has 2 aromatic carbocycles. The quantitative estimate of drug-likeness (QED) is 0.190. The summed E-state index contributed by atoms with van der Waals surface area (Å²) in [6, 6.07) is 13.2. The third-order valence-corrected chi connectivity index (χ3v) is 7.69. The van der Waals surface area contributed by atoms with Gasteiger partial charge < -0.3 is 25.0 Å². The predicted octanol–water partition coefficient (Wildman–Crippen LogP) is 5.62. The number of nitrogens with two attached hydrogens (primary N) is 1. The number of aromatic nitrogens is 3. The number of anilines is 3. The summed E-state index contributed by atoms with van der Waals surface area (Å²) in [5.74, 6) is -0.333. The lowest BCUT2D eigenvalue weighted by atomic mass is 9.90. The number of nitrogens with zero attached hydrogens (tertiary/aromatic N) is 4. The lowest BCUT2D eigenvalue weighted by Crippen LogP contribution is -2.43. The number of halogens is 2. The first kappa shape index (κ1) is 33.2. The summed E-state index contributed by atoms with van der Waals surface area (Å²) in [6.07, 6.45) is 6.23. The third-order valence-electron chi connectivity index (χ3n) is 7.69. The average molecular weight is 645 g/mol. The van der Waals surface area contributed by atoms with Crippen molar-refractivity contribution in [3.63, 3.8) is 0 Å². The Morgan fingerprint density at radius 3 is 2.40 bits per heavy atom. The molecule has 12 heteroatoms. The number of piperidine rings is 1. The van der Waals surface area contributed by atoms with Gasteiger partial charge in [-0.3, -0.25) is 10.4 Å². The number of amides is 1. The molecule has 0 radical (unpaired) electrons. The first-order valence-electron chi connectivity index (χ1n) is 15.6. The van der Waals surface area contributed by atoms with Crippen LogP contribution in [0.4, 0.5) is 30.8 Å². The summed E-state index contributed by atoms with van der Waals surface area (Å²) in [7, 11) is 0. The predicted molar refractivity (Wildman–Crippen MR) is 176 cm³/mol. The number of ether oxygens (including phenoxy) is 2. The number of rotatable bonds is 10. The van der Waals surface area contributed by atoms with E-state index >= 15 is 0 Å². The summed E-state index contributed by atoms with van der Waals surface area (Å²) in [5.41, 5.74) is 2.42. The van der Waals surface area contributed by atoms with E-state index in [1.807, 2.05) is 39.0 Å². The molecule has 0 spiro atoms. The highest BCUT2D eigenvalue weighted by Gasteiger charge is 2.30. The summed E-state index contributed by atoms with van der Waals surface area (Å²) in [4.78, 5) is 28.0. The molecule has 10 nitrogen and oxygen atoms in total. The first-order valence-corrected chi connectivity index (χ1v) is 15.6. The highest BCUT2D eigenvalue weighted by Crippen LogP contribution is 2.34. The molecule has 1 aliphatic rings. The fourth-order valence-electron chi connectivity index (χ4n) is 5.37.